The third kappa shape index (κ3) is 5.97. The van der Waals surface area contributed by atoms with Crippen LogP contribution in [-0.2, 0) is 9.53 Å². The van der Waals surface area contributed by atoms with Crippen molar-refractivity contribution in [2.24, 2.45) is 5.41 Å². The molecule has 1 rings (SSSR count). The van der Waals surface area contributed by atoms with Gasteiger partial charge in [0, 0.05) is 19.6 Å². The summed E-state index contributed by atoms with van der Waals surface area (Å²) in [4.78, 5) is 11.6. The fraction of sp³-hybridized carbons (Fsp3) is 0.900. The van der Waals surface area contributed by atoms with E-state index in [1.165, 1.54) is 0 Å². The molecule has 0 unspecified atom stereocenters. The Bertz CT molecular complexity index is 198. The summed E-state index contributed by atoms with van der Waals surface area (Å²) in [5.74, 6) is -0.00729. The van der Waals surface area contributed by atoms with Crippen molar-refractivity contribution in [3.8, 4) is 0 Å². The molecule has 2 N–H and O–H groups in total. The molecule has 1 atom stereocenters. The molecule has 90 valence electrons. The van der Waals surface area contributed by atoms with E-state index in [4.69, 9.17) is 4.74 Å². The quantitative estimate of drug-likeness (QED) is 0.737. The fourth-order valence-corrected chi connectivity index (χ4v) is 1.20. The largest absolute Gasteiger partial charge is 0.366 e. The molecule has 4 nitrogen and oxygen atoms in total. The lowest BCUT2D eigenvalue weighted by molar-refractivity contribution is -0.134. The first-order valence-corrected chi connectivity index (χ1v) is 5.09. The molecule has 1 fully saturated rings. The number of halogens is 1. The van der Waals surface area contributed by atoms with Crippen molar-refractivity contribution in [3.63, 3.8) is 0 Å². The van der Waals surface area contributed by atoms with Gasteiger partial charge < -0.3 is 15.4 Å². The lowest BCUT2D eigenvalue weighted by atomic mass is 9.97. The molecule has 0 radical (unpaired) electrons. The number of ether oxygens (including phenoxy) is 1. The lowest BCUT2D eigenvalue weighted by Gasteiger charge is -2.25. The predicted molar refractivity (Wildman–Crippen MR) is 62.3 cm³/mol. The van der Waals surface area contributed by atoms with Gasteiger partial charge in [-0.3, -0.25) is 4.79 Å². The lowest BCUT2D eigenvalue weighted by Crippen LogP contribution is -2.49. The number of carbonyl (C=O) groups excluding carboxylic acids is 1. The molecule has 1 aliphatic heterocycles. The highest BCUT2D eigenvalue weighted by Gasteiger charge is 2.22. The van der Waals surface area contributed by atoms with Crippen LogP contribution in [0, 0.1) is 5.41 Å². The van der Waals surface area contributed by atoms with Gasteiger partial charge in [0.25, 0.3) is 0 Å². The van der Waals surface area contributed by atoms with Crippen molar-refractivity contribution in [1.82, 2.24) is 10.6 Å². The smallest absolute Gasteiger partial charge is 0.250 e. The van der Waals surface area contributed by atoms with Gasteiger partial charge in [-0.2, -0.15) is 0 Å². The molecule has 0 spiro atoms. The van der Waals surface area contributed by atoms with Crippen molar-refractivity contribution in [2.45, 2.75) is 26.9 Å². The first-order valence-electron chi connectivity index (χ1n) is 5.09. The maximum Gasteiger partial charge on any atom is 0.250 e. The van der Waals surface area contributed by atoms with Crippen LogP contribution in [0.5, 0.6) is 0 Å². The van der Waals surface area contributed by atoms with E-state index in [1.54, 1.807) is 0 Å². The summed E-state index contributed by atoms with van der Waals surface area (Å²) in [5.41, 5.74) is 0.123. The van der Waals surface area contributed by atoms with E-state index in [-0.39, 0.29) is 29.8 Å². The third-order valence-corrected chi connectivity index (χ3v) is 2.01. The SMILES string of the molecule is CC(C)(C)CNC(=O)[C@H]1CNCCO1.Cl. The zero-order chi connectivity index (χ0) is 10.6. The highest BCUT2D eigenvalue weighted by atomic mass is 35.5. The molecule has 1 saturated heterocycles. The van der Waals surface area contributed by atoms with E-state index in [1.807, 2.05) is 0 Å². The molecule has 0 aliphatic carbocycles. The van der Waals surface area contributed by atoms with Gasteiger partial charge >= 0.3 is 0 Å². The van der Waals surface area contributed by atoms with Crippen LogP contribution < -0.4 is 10.6 Å². The van der Waals surface area contributed by atoms with Crippen LogP contribution in [0.1, 0.15) is 20.8 Å². The van der Waals surface area contributed by atoms with Crippen molar-refractivity contribution in [3.05, 3.63) is 0 Å². The number of hydrogen-bond acceptors (Lipinski definition) is 3. The van der Waals surface area contributed by atoms with Gasteiger partial charge in [-0.1, -0.05) is 20.8 Å². The molecule has 15 heavy (non-hydrogen) atoms. The van der Waals surface area contributed by atoms with Crippen molar-refractivity contribution >= 4 is 18.3 Å². The third-order valence-electron chi connectivity index (χ3n) is 2.01. The van der Waals surface area contributed by atoms with Gasteiger partial charge in [-0.05, 0) is 5.41 Å². The van der Waals surface area contributed by atoms with Crippen molar-refractivity contribution in [2.75, 3.05) is 26.2 Å². The van der Waals surface area contributed by atoms with E-state index in [0.717, 1.165) is 6.54 Å². The van der Waals surface area contributed by atoms with E-state index in [9.17, 15) is 4.79 Å². The molecule has 0 aromatic carbocycles. The summed E-state index contributed by atoms with van der Waals surface area (Å²) in [5, 5.41) is 6.02. The summed E-state index contributed by atoms with van der Waals surface area (Å²) >= 11 is 0. The second-order valence-electron chi connectivity index (χ2n) is 4.84. The number of hydrogen-bond donors (Lipinski definition) is 2. The first-order chi connectivity index (χ1) is 6.49. The normalized spacial score (nSPS) is 21.7. The highest BCUT2D eigenvalue weighted by Crippen LogP contribution is 2.10. The second kappa shape index (κ2) is 6.30. The Labute approximate surface area is 97.5 Å². The van der Waals surface area contributed by atoms with Crippen LogP contribution in [0.2, 0.25) is 0 Å². The van der Waals surface area contributed by atoms with Gasteiger partial charge in [0.05, 0.1) is 6.61 Å². The summed E-state index contributed by atoms with van der Waals surface area (Å²) in [6.45, 7) is 9.03. The number of rotatable bonds is 2. The van der Waals surface area contributed by atoms with Gasteiger partial charge in [0.2, 0.25) is 5.91 Å². The van der Waals surface area contributed by atoms with Crippen LogP contribution in [0.4, 0.5) is 0 Å². The molecule has 1 amide bonds. The predicted octanol–water partition coefficient (Wildman–Crippen LogP) is 0.559. The zero-order valence-corrected chi connectivity index (χ0v) is 10.4. The number of amides is 1. The van der Waals surface area contributed by atoms with Crippen LogP contribution in [0.25, 0.3) is 0 Å². The first kappa shape index (κ1) is 14.7. The van der Waals surface area contributed by atoms with Crippen molar-refractivity contribution < 1.29 is 9.53 Å². The van der Waals surface area contributed by atoms with Gasteiger partial charge in [0.15, 0.2) is 0 Å². The van der Waals surface area contributed by atoms with Crippen LogP contribution in [0.3, 0.4) is 0 Å². The summed E-state index contributed by atoms with van der Waals surface area (Å²) in [6, 6.07) is 0. The van der Waals surface area contributed by atoms with Crippen LogP contribution in [-0.4, -0.2) is 38.3 Å². The van der Waals surface area contributed by atoms with Crippen LogP contribution >= 0.6 is 12.4 Å². The molecular weight excluding hydrogens is 216 g/mol. The molecule has 1 heterocycles. The number of nitrogens with one attached hydrogen (secondary N) is 2. The average Bonchev–Trinajstić information content (AvgIpc) is 2.14. The molecule has 5 heteroatoms. The van der Waals surface area contributed by atoms with Gasteiger partial charge in [0.1, 0.15) is 6.10 Å². The summed E-state index contributed by atoms with van der Waals surface area (Å²) < 4.78 is 5.33. The molecule has 0 bridgehead atoms. The van der Waals surface area contributed by atoms with E-state index < -0.39 is 0 Å². The van der Waals surface area contributed by atoms with Crippen molar-refractivity contribution in [1.29, 1.82) is 0 Å². The highest BCUT2D eigenvalue weighted by molar-refractivity contribution is 5.85. The number of carbonyl (C=O) groups is 1. The standard InChI is InChI=1S/C10H20N2O2.ClH/c1-10(2,3)7-12-9(13)8-6-11-4-5-14-8;/h8,11H,4-7H2,1-3H3,(H,12,13);1H/t8-;/m1./s1. The molecule has 0 aromatic heterocycles. The topological polar surface area (TPSA) is 50.4 Å². The minimum absolute atomic E-state index is 0. The van der Waals surface area contributed by atoms with Gasteiger partial charge in [-0.25, -0.2) is 0 Å². The summed E-state index contributed by atoms with van der Waals surface area (Å²) in [7, 11) is 0. The van der Waals surface area contributed by atoms with Gasteiger partial charge in [-0.15, -0.1) is 12.4 Å². The maximum atomic E-state index is 11.6. The fourth-order valence-electron chi connectivity index (χ4n) is 1.20. The second-order valence-corrected chi connectivity index (χ2v) is 4.84. The van der Waals surface area contributed by atoms with Crippen LogP contribution in [0.15, 0.2) is 0 Å². The van der Waals surface area contributed by atoms with E-state index in [2.05, 4.69) is 31.4 Å². The Kier molecular flexibility index (Phi) is 6.17. The molecular formula is C10H21ClN2O2. The Morgan fingerprint density at radius 2 is 2.20 bits per heavy atom. The minimum Gasteiger partial charge on any atom is -0.366 e. The maximum absolute atomic E-state index is 11.6. The molecule has 0 saturated carbocycles. The van der Waals surface area contributed by atoms with E-state index in [0.29, 0.717) is 19.7 Å². The Balaban J connectivity index is 0.00000196. The molecule has 0 aromatic rings. The Morgan fingerprint density at radius 3 is 2.67 bits per heavy atom. The number of morpholine rings is 1. The average molecular weight is 237 g/mol. The summed E-state index contributed by atoms with van der Waals surface area (Å²) in [6.07, 6.45) is -0.314. The monoisotopic (exact) mass is 236 g/mol. The zero-order valence-electron chi connectivity index (χ0n) is 9.63. The Hall–Kier alpha value is -0.320. The molecule has 1 aliphatic rings. The van der Waals surface area contributed by atoms with E-state index >= 15 is 0 Å². The Morgan fingerprint density at radius 1 is 1.53 bits per heavy atom. The minimum atomic E-state index is -0.314.